The van der Waals surface area contributed by atoms with Crippen molar-refractivity contribution < 1.29 is 32.2 Å². The minimum Gasteiger partial charge on any atom is -0.495 e. The minimum atomic E-state index is -3.80. The molecule has 0 saturated carbocycles. The smallest absolute Gasteiger partial charge is 0.328 e. The second-order valence-electron chi connectivity index (χ2n) is 7.45. The Balaban J connectivity index is 2.21. The van der Waals surface area contributed by atoms with Gasteiger partial charge in [-0.2, -0.15) is 4.31 Å². The third-order valence-electron chi connectivity index (χ3n) is 4.71. The number of rotatable bonds is 9. The number of esters is 1. The molecule has 1 N–H and O–H groups in total. The van der Waals surface area contributed by atoms with E-state index in [1.54, 1.807) is 6.07 Å². The molecule has 1 aromatic carbocycles. The van der Waals surface area contributed by atoms with Crippen LogP contribution in [0.3, 0.4) is 0 Å². The number of benzene rings is 1. The number of sulfonamides is 1. The first-order valence-electron chi connectivity index (χ1n) is 9.81. The van der Waals surface area contributed by atoms with Gasteiger partial charge in [0.1, 0.15) is 16.7 Å². The number of carbonyl (C=O) groups is 2. The van der Waals surface area contributed by atoms with E-state index in [0.29, 0.717) is 25.2 Å². The van der Waals surface area contributed by atoms with Gasteiger partial charge in [0.25, 0.3) is 0 Å². The van der Waals surface area contributed by atoms with Crippen molar-refractivity contribution in [3.63, 3.8) is 0 Å². The average Bonchev–Trinajstić information content (AvgIpc) is 2.72. The van der Waals surface area contributed by atoms with Gasteiger partial charge in [0.05, 0.1) is 33.9 Å². The maximum absolute atomic E-state index is 13.1. The number of methoxy groups -OCH3 is 2. The van der Waals surface area contributed by atoms with E-state index < -0.39 is 27.9 Å². The first-order valence-corrected chi connectivity index (χ1v) is 11.2. The highest BCUT2D eigenvalue weighted by Gasteiger charge is 2.30. The lowest BCUT2D eigenvalue weighted by molar-refractivity contribution is -0.145. The fourth-order valence-corrected chi connectivity index (χ4v) is 4.83. The average molecular weight is 443 g/mol. The first kappa shape index (κ1) is 24.1. The Morgan fingerprint density at radius 2 is 1.87 bits per heavy atom. The van der Waals surface area contributed by atoms with Gasteiger partial charge in [0.15, 0.2) is 0 Å². The van der Waals surface area contributed by atoms with Crippen LogP contribution in [-0.2, 0) is 35.5 Å². The molecule has 1 unspecified atom stereocenters. The molecule has 10 heteroatoms. The molecular weight excluding hydrogens is 412 g/mol. The molecule has 1 saturated heterocycles. The van der Waals surface area contributed by atoms with Gasteiger partial charge in [-0.15, -0.1) is 0 Å². The highest BCUT2D eigenvalue weighted by atomic mass is 32.2. The van der Waals surface area contributed by atoms with Gasteiger partial charge in [-0.25, -0.2) is 13.2 Å². The molecule has 0 radical (unpaired) electrons. The quantitative estimate of drug-likeness (QED) is 0.567. The largest absolute Gasteiger partial charge is 0.495 e. The van der Waals surface area contributed by atoms with Crippen molar-refractivity contribution in [1.82, 2.24) is 9.62 Å². The number of carbonyl (C=O) groups excluding carboxylic acids is 2. The molecule has 1 aliphatic heterocycles. The Bertz CT molecular complexity index is 849. The fraction of sp³-hybridized carbons (Fsp3) is 0.600. The van der Waals surface area contributed by atoms with Crippen LogP contribution in [0.1, 0.15) is 25.8 Å². The lowest BCUT2D eigenvalue weighted by Crippen LogP contribution is -2.43. The summed E-state index contributed by atoms with van der Waals surface area (Å²) in [6.45, 7) is 5.05. The predicted octanol–water partition coefficient (Wildman–Crippen LogP) is 0.963. The molecule has 9 nitrogen and oxygen atoms in total. The molecule has 1 atom stereocenters. The zero-order valence-electron chi connectivity index (χ0n) is 17.8. The Labute approximate surface area is 177 Å². The van der Waals surface area contributed by atoms with Crippen LogP contribution in [0, 0.1) is 5.92 Å². The maximum Gasteiger partial charge on any atom is 0.328 e. The fourth-order valence-electron chi connectivity index (χ4n) is 3.22. The third-order valence-corrected chi connectivity index (χ3v) is 6.63. The van der Waals surface area contributed by atoms with E-state index in [1.807, 2.05) is 13.8 Å². The van der Waals surface area contributed by atoms with Crippen LogP contribution in [0.15, 0.2) is 23.1 Å². The first-order chi connectivity index (χ1) is 14.2. The van der Waals surface area contributed by atoms with Gasteiger partial charge in [0, 0.05) is 13.1 Å². The molecule has 168 valence electrons. The van der Waals surface area contributed by atoms with Gasteiger partial charge in [-0.1, -0.05) is 19.9 Å². The number of amides is 1. The molecule has 1 fully saturated rings. The van der Waals surface area contributed by atoms with Crippen molar-refractivity contribution in [2.45, 2.75) is 37.6 Å². The summed E-state index contributed by atoms with van der Waals surface area (Å²) in [7, 11) is -1.13. The van der Waals surface area contributed by atoms with E-state index in [1.165, 1.54) is 30.7 Å². The summed E-state index contributed by atoms with van der Waals surface area (Å²) in [6, 6.07) is 3.85. The molecule has 0 spiro atoms. The van der Waals surface area contributed by atoms with Gasteiger partial charge < -0.3 is 19.5 Å². The number of hydrogen-bond acceptors (Lipinski definition) is 7. The van der Waals surface area contributed by atoms with Crippen molar-refractivity contribution in [2.75, 3.05) is 40.5 Å². The van der Waals surface area contributed by atoms with Crippen molar-refractivity contribution in [3.8, 4) is 5.75 Å². The summed E-state index contributed by atoms with van der Waals surface area (Å²) >= 11 is 0. The molecule has 1 aromatic rings. The number of ether oxygens (including phenoxy) is 3. The predicted molar refractivity (Wildman–Crippen MR) is 110 cm³/mol. The molecule has 30 heavy (non-hydrogen) atoms. The summed E-state index contributed by atoms with van der Waals surface area (Å²) in [5.41, 5.74) is 0.494. The Morgan fingerprint density at radius 3 is 2.43 bits per heavy atom. The van der Waals surface area contributed by atoms with Crippen LogP contribution in [-0.4, -0.2) is 71.2 Å². The normalized spacial score (nSPS) is 16.2. The number of nitrogens with zero attached hydrogens (tertiary/aromatic N) is 1. The van der Waals surface area contributed by atoms with E-state index in [0.717, 1.165) is 0 Å². The Hall–Kier alpha value is -2.17. The van der Waals surface area contributed by atoms with Crippen LogP contribution < -0.4 is 10.1 Å². The van der Waals surface area contributed by atoms with E-state index in [2.05, 4.69) is 5.32 Å². The summed E-state index contributed by atoms with van der Waals surface area (Å²) < 4.78 is 42.7. The molecule has 2 rings (SSSR count). The molecule has 1 aliphatic rings. The minimum absolute atomic E-state index is 0.00361. The molecule has 1 heterocycles. The van der Waals surface area contributed by atoms with Crippen molar-refractivity contribution in [1.29, 1.82) is 0 Å². The monoisotopic (exact) mass is 442 g/mol. The highest BCUT2D eigenvalue weighted by molar-refractivity contribution is 7.89. The molecule has 1 amide bonds. The van der Waals surface area contributed by atoms with Crippen LogP contribution >= 0.6 is 0 Å². The summed E-state index contributed by atoms with van der Waals surface area (Å²) in [6.07, 6.45) is 0.360. The van der Waals surface area contributed by atoms with Crippen LogP contribution in [0.2, 0.25) is 0 Å². The molecule has 0 aromatic heterocycles. The molecule has 0 aliphatic carbocycles. The zero-order chi connectivity index (χ0) is 22.3. The second kappa shape index (κ2) is 10.7. The van der Waals surface area contributed by atoms with Gasteiger partial charge >= 0.3 is 5.97 Å². The highest BCUT2D eigenvalue weighted by Crippen LogP contribution is 2.28. The topological polar surface area (TPSA) is 111 Å². The Morgan fingerprint density at radius 1 is 1.20 bits per heavy atom. The lowest BCUT2D eigenvalue weighted by atomic mass is 10.0. The number of hydrogen-bond donors (Lipinski definition) is 1. The Kier molecular flexibility index (Phi) is 8.63. The zero-order valence-corrected chi connectivity index (χ0v) is 18.7. The molecule has 0 bridgehead atoms. The van der Waals surface area contributed by atoms with E-state index in [9.17, 15) is 18.0 Å². The third kappa shape index (κ3) is 6.16. The lowest BCUT2D eigenvalue weighted by Gasteiger charge is -2.27. The van der Waals surface area contributed by atoms with Crippen LogP contribution in [0.4, 0.5) is 0 Å². The number of morpholine rings is 1. The van der Waals surface area contributed by atoms with Crippen molar-refractivity contribution in [2.24, 2.45) is 5.92 Å². The van der Waals surface area contributed by atoms with Crippen molar-refractivity contribution in [3.05, 3.63) is 23.8 Å². The van der Waals surface area contributed by atoms with Crippen LogP contribution in [0.5, 0.6) is 5.75 Å². The maximum atomic E-state index is 13.1. The summed E-state index contributed by atoms with van der Waals surface area (Å²) in [5.74, 6) is -0.521. The van der Waals surface area contributed by atoms with Gasteiger partial charge in [0.2, 0.25) is 15.9 Å². The second-order valence-corrected chi connectivity index (χ2v) is 9.36. The van der Waals surface area contributed by atoms with Gasteiger partial charge in [-0.3, -0.25) is 4.79 Å². The van der Waals surface area contributed by atoms with E-state index >= 15 is 0 Å². The van der Waals surface area contributed by atoms with Crippen LogP contribution in [0.25, 0.3) is 0 Å². The van der Waals surface area contributed by atoms with Gasteiger partial charge in [-0.05, 0) is 30.0 Å². The van der Waals surface area contributed by atoms with E-state index in [-0.39, 0.29) is 36.1 Å². The summed E-state index contributed by atoms with van der Waals surface area (Å²) in [5, 5.41) is 2.68. The van der Waals surface area contributed by atoms with E-state index in [4.69, 9.17) is 14.2 Å². The SMILES string of the molecule is COC(=O)C(CC(C)C)NC(=O)Cc1ccc(OC)c(S(=O)(=O)N2CCOCC2)c1. The molecular formula is C20H30N2O7S. The summed E-state index contributed by atoms with van der Waals surface area (Å²) in [4.78, 5) is 24.4. The standard InChI is InChI=1S/C20H30N2O7S/c1-14(2)11-16(20(24)28-4)21-19(23)13-15-5-6-17(27-3)18(12-15)30(25,26)22-7-9-29-10-8-22/h5-6,12,14,16H,7-11,13H2,1-4H3,(H,21,23). The number of nitrogens with one attached hydrogen (secondary N) is 1. The van der Waals surface area contributed by atoms with Crippen molar-refractivity contribution >= 4 is 21.9 Å².